The Morgan fingerprint density at radius 1 is 0.459 bits per heavy atom. The van der Waals surface area contributed by atoms with E-state index in [-0.39, 0.29) is 0 Å². The van der Waals surface area contributed by atoms with Crippen molar-refractivity contribution in [2.75, 3.05) is 7.11 Å². The predicted octanol–water partition coefficient (Wildman–Crippen LogP) is 8.75. The summed E-state index contributed by atoms with van der Waals surface area (Å²) in [6.07, 6.45) is 0. The molecule has 3 nitrogen and oxygen atoms in total. The molecule has 1 aromatic heterocycles. The summed E-state index contributed by atoms with van der Waals surface area (Å²) >= 11 is 0. The Morgan fingerprint density at radius 3 is 1.41 bits per heavy atom. The number of nitrogens with zero attached hydrogens (tertiary/aromatic N) is 1. The van der Waals surface area contributed by atoms with Crippen molar-refractivity contribution in [1.82, 2.24) is 9.97 Å². The normalized spacial score (nSPS) is 10.8. The average molecular weight is 479 g/mol. The highest BCUT2D eigenvalue weighted by atomic mass is 16.5. The van der Waals surface area contributed by atoms with E-state index in [0.717, 1.165) is 39.7 Å². The van der Waals surface area contributed by atoms with Gasteiger partial charge in [-0.3, -0.25) is 0 Å². The van der Waals surface area contributed by atoms with Crippen LogP contribution < -0.4 is 4.74 Å². The maximum Gasteiger partial charge on any atom is 0.138 e. The Labute approximate surface area is 217 Å². The number of ether oxygens (including phenoxy) is 1. The van der Waals surface area contributed by atoms with E-state index < -0.39 is 0 Å². The maximum atomic E-state index is 5.34. The number of aromatic amines is 1. The first-order chi connectivity index (χ1) is 18.3. The summed E-state index contributed by atoms with van der Waals surface area (Å²) in [4.78, 5) is 8.67. The van der Waals surface area contributed by atoms with Gasteiger partial charge in [-0.15, -0.1) is 0 Å². The zero-order valence-electron chi connectivity index (χ0n) is 20.6. The lowest BCUT2D eigenvalue weighted by Gasteiger charge is -2.07. The quantitative estimate of drug-likeness (QED) is 0.260. The summed E-state index contributed by atoms with van der Waals surface area (Å²) in [7, 11) is 1.68. The van der Waals surface area contributed by atoms with E-state index in [2.05, 4.69) is 102 Å². The van der Waals surface area contributed by atoms with E-state index in [0.29, 0.717) is 0 Å². The van der Waals surface area contributed by atoms with Crippen molar-refractivity contribution in [1.29, 1.82) is 0 Å². The van der Waals surface area contributed by atoms with Gasteiger partial charge in [0.15, 0.2) is 0 Å². The summed E-state index contributed by atoms with van der Waals surface area (Å²) < 4.78 is 5.34. The molecule has 0 spiro atoms. The molecule has 0 aliphatic carbocycles. The summed E-state index contributed by atoms with van der Waals surface area (Å²) in [5.74, 6) is 1.65. The second-order valence-electron chi connectivity index (χ2n) is 8.92. The molecule has 1 N–H and O–H groups in total. The molecule has 0 amide bonds. The van der Waals surface area contributed by atoms with E-state index in [4.69, 9.17) is 9.72 Å². The van der Waals surface area contributed by atoms with Crippen LogP contribution >= 0.6 is 0 Å². The van der Waals surface area contributed by atoms with Gasteiger partial charge in [0.2, 0.25) is 0 Å². The van der Waals surface area contributed by atoms with Gasteiger partial charge in [0.25, 0.3) is 0 Å². The lowest BCUT2D eigenvalue weighted by molar-refractivity contribution is 0.415. The first-order valence-electron chi connectivity index (χ1n) is 12.3. The van der Waals surface area contributed by atoms with Gasteiger partial charge in [-0.2, -0.15) is 0 Å². The number of H-pyrrole nitrogens is 1. The molecular formula is C34H26N2O. The van der Waals surface area contributed by atoms with Crippen LogP contribution in [0.15, 0.2) is 133 Å². The van der Waals surface area contributed by atoms with Gasteiger partial charge in [0.05, 0.1) is 18.5 Å². The highest BCUT2D eigenvalue weighted by Gasteiger charge is 2.16. The Hall–Kier alpha value is -4.89. The lowest BCUT2D eigenvalue weighted by Crippen LogP contribution is -1.85. The highest BCUT2D eigenvalue weighted by Crippen LogP contribution is 2.35. The first-order valence-corrected chi connectivity index (χ1v) is 12.3. The zero-order chi connectivity index (χ0) is 25.0. The van der Waals surface area contributed by atoms with Gasteiger partial charge in [-0.25, -0.2) is 4.98 Å². The Bertz CT molecular complexity index is 1500. The van der Waals surface area contributed by atoms with E-state index in [1.807, 2.05) is 36.4 Å². The number of imidazole rings is 1. The third-order valence-corrected chi connectivity index (χ3v) is 6.61. The van der Waals surface area contributed by atoms with E-state index in [9.17, 15) is 0 Å². The number of aromatic nitrogens is 2. The van der Waals surface area contributed by atoms with Crippen LogP contribution in [0.1, 0.15) is 0 Å². The van der Waals surface area contributed by atoms with Gasteiger partial charge >= 0.3 is 0 Å². The van der Waals surface area contributed by atoms with Crippen molar-refractivity contribution >= 4 is 0 Å². The van der Waals surface area contributed by atoms with Crippen LogP contribution in [0.3, 0.4) is 0 Å². The lowest BCUT2D eigenvalue weighted by atomic mass is 9.99. The number of methoxy groups -OCH3 is 1. The third kappa shape index (κ3) is 4.67. The fourth-order valence-corrected chi connectivity index (χ4v) is 4.59. The fraction of sp³-hybridized carbons (Fsp3) is 0.0294. The van der Waals surface area contributed by atoms with Gasteiger partial charge in [0.1, 0.15) is 11.6 Å². The van der Waals surface area contributed by atoms with Crippen LogP contribution in [-0.2, 0) is 0 Å². The molecule has 6 rings (SSSR count). The molecule has 0 bridgehead atoms. The SMILES string of the molecule is COc1ccc(-c2nc(-c3ccc(-c4ccccc4)cc3)c(-c3ccc(-c4ccccc4)cc3)[nH]2)cc1. The third-order valence-electron chi connectivity index (χ3n) is 6.61. The fourth-order valence-electron chi connectivity index (χ4n) is 4.59. The van der Waals surface area contributed by atoms with Crippen molar-refractivity contribution in [3.63, 3.8) is 0 Å². The average Bonchev–Trinajstić information content (AvgIpc) is 3.44. The molecule has 3 heteroatoms. The molecule has 0 aliphatic rings. The molecule has 178 valence electrons. The number of nitrogens with one attached hydrogen (secondary N) is 1. The highest BCUT2D eigenvalue weighted by molar-refractivity contribution is 5.83. The Balaban J connectivity index is 1.42. The number of rotatable bonds is 6. The molecule has 0 atom stereocenters. The second kappa shape index (κ2) is 10.00. The van der Waals surface area contributed by atoms with Crippen LogP contribution in [-0.4, -0.2) is 17.1 Å². The molecule has 0 unspecified atom stereocenters. The standard InChI is InChI=1S/C34H26N2O/c1-37-31-22-20-30(21-23-31)34-35-32(28-16-12-26(13-17-28)24-8-4-2-5-9-24)33(36-34)29-18-14-27(15-19-29)25-10-6-3-7-11-25/h2-23H,1H3,(H,35,36). The van der Waals surface area contributed by atoms with Crippen LogP contribution in [0.4, 0.5) is 0 Å². The Morgan fingerprint density at radius 2 is 0.892 bits per heavy atom. The molecule has 1 heterocycles. The maximum absolute atomic E-state index is 5.34. The smallest absolute Gasteiger partial charge is 0.138 e. The summed E-state index contributed by atoms with van der Waals surface area (Å²) in [5.41, 5.74) is 9.87. The van der Waals surface area contributed by atoms with Crippen molar-refractivity contribution in [3.8, 4) is 61.9 Å². The summed E-state index contributed by atoms with van der Waals surface area (Å²) in [6.45, 7) is 0. The molecular weight excluding hydrogens is 452 g/mol. The molecule has 5 aromatic carbocycles. The number of hydrogen-bond donors (Lipinski definition) is 1. The minimum atomic E-state index is 0.823. The van der Waals surface area contributed by atoms with Crippen LogP contribution in [0, 0.1) is 0 Å². The Kier molecular flexibility index (Phi) is 6.10. The van der Waals surface area contributed by atoms with E-state index in [1.54, 1.807) is 7.11 Å². The van der Waals surface area contributed by atoms with Gasteiger partial charge in [0, 0.05) is 16.7 Å². The number of benzene rings is 5. The largest absolute Gasteiger partial charge is 0.497 e. The van der Waals surface area contributed by atoms with Crippen molar-refractivity contribution in [2.45, 2.75) is 0 Å². The first kappa shape index (κ1) is 22.6. The van der Waals surface area contributed by atoms with Crippen molar-refractivity contribution in [2.24, 2.45) is 0 Å². The molecule has 6 aromatic rings. The van der Waals surface area contributed by atoms with Crippen LogP contribution in [0.2, 0.25) is 0 Å². The van der Waals surface area contributed by atoms with Crippen LogP contribution in [0.25, 0.3) is 56.2 Å². The second-order valence-corrected chi connectivity index (χ2v) is 8.92. The monoisotopic (exact) mass is 478 g/mol. The molecule has 0 aliphatic heterocycles. The van der Waals surface area contributed by atoms with E-state index in [1.165, 1.54) is 22.3 Å². The van der Waals surface area contributed by atoms with Crippen molar-refractivity contribution < 1.29 is 4.74 Å². The topological polar surface area (TPSA) is 37.9 Å². The molecule has 0 saturated heterocycles. The molecule has 0 fully saturated rings. The van der Waals surface area contributed by atoms with Crippen molar-refractivity contribution in [3.05, 3.63) is 133 Å². The zero-order valence-corrected chi connectivity index (χ0v) is 20.6. The van der Waals surface area contributed by atoms with Gasteiger partial charge < -0.3 is 9.72 Å². The minimum absolute atomic E-state index is 0.823. The predicted molar refractivity (Wildman–Crippen MR) is 152 cm³/mol. The van der Waals surface area contributed by atoms with Gasteiger partial charge in [-0.1, -0.05) is 109 Å². The molecule has 0 radical (unpaired) electrons. The molecule has 0 saturated carbocycles. The van der Waals surface area contributed by atoms with Gasteiger partial charge in [-0.05, 0) is 46.5 Å². The molecule has 37 heavy (non-hydrogen) atoms. The van der Waals surface area contributed by atoms with Crippen LogP contribution in [0.5, 0.6) is 5.75 Å². The summed E-state index contributed by atoms with van der Waals surface area (Å²) in [5, 5.41) is 0. The summed E-state index contributed by atoms with van der Waals surface area (Å²) in [6, 6.07) is 46.1. The van der Waals surface area contributed by atoms with E-state index >= 15 is 0 Å². The minimum Gasteiger partial charge on any atom is -0.497 e. The number of hydrogen-bond acceptors (Lipinski definition) is 2.